The lowest BCUT2D eigenvalue weighted by molar-refractivity contribution is -0.144. The van der Waals surface area contributed by atoms with Crippen molar-refractivity contribution in [1.82, 2.24) is 20.4 Å². The number of carbonyl (C=O) groups is 3. The summed E-state index contributed by atoms with van der Waals surface area (Å²) in [5, 5.41) is 8.95. The Morgan fingerprint density at radius 2 is 1.86 bits per heavy atom. The van der Waals surface area contributed by atoms with Gasteiger partial charge in [-0.1, -0.05) is 0 Å². The molecule has 1 atom stereocenters. The van der Waals surface area contributed by atoms with E-state index in [1.165, 1.54) is 24.3 Å². The molecule has 12 nitrogen and oxygen atoms in total. The Balaban J connectivity index is 1.52. The molecule has 0 unspecified atom stereocenters. The predicted molar refractivity (Wildman–Crippen MR) is 119 cm³/mol. The first-order valence-electron chi connectivity index (χ1n) is 10.8. The minimum Gasteiger partial charge on any atom is -0.464 e. The van der Waals surface area contributed by atoms with Crippen LogP contribution in [0.25, 0.3) is 11.5 Å². The molecule has 1 aliphatic rings. The Hall–Kier alpha value is -4.68. The van der Waals surface area contributed by atoms with Crippen LogP contribution in [0.1, 0.15) is 24.5 Å². The van der Waals surface area contributed by atoms with Gasteiger partial charge in [0.2, 0.25) is 5.89 Å². The van der Waals surface area contributed by atoms with Crippen molar-refractivity contribution in [2.75, 3.05) is 13.2 Å². The molecule has 2 aromatic heterocycles. The maximum atomic E-state index is 13.1. The number of halogens is 1. The average molecular weight is 500 g/mol. The quantitative estimate of drug-likeness (QED) is 0.442. The predicted octanol–water partition coefficient (Wildman–Crippen LogP) is 1.96. The highest BCUT2D eigenvalue weighted by Gasteiger charge is 2.36. The third kappa shape index (κ3) is 5.35. The van der Waals surface area contributed by atoms with E-state index in [-0.39, 0.29) is 29.5 Å². The molecule has 3 heterocycles. The SMILES string of the molecule is CCOC(=O)C1=C(COC(=O)Cn2nc(-c3ccc(F)cc3)oc2=O)NC(=O)N[C@@H]1c1ccc(C)o1. The molecule has 3 aromatic rings. The molecule has 0 saturated carbocycles. The molecular weight excluding hydrogens is 479 g/mol. The summed E-state index contributed by atoms with van der Waals surface area (Å²) < 4.78 is 34.7. The molecule has 1 aliphatic heterocycles. The van der Waals surface area contributed by atoms with Gasteiger partial charge in [-0.3, -0.25) is 4.79 Å². The minimum atomic E-state index is -0.975. The van der Waals surface area contributed by atoms with Gasteiger partial charge < -0.3 is 28.9 Å². The fourth-order valence-electron chi connectivity index (χ4n) is 3.44. The van der Waals surface area contributed by atoms with Gasteiger partial charge in [-0.2, -0.15) is 4.68 Å². The number of ether oxygens (including phenoxy) is 2. The van der Waals surface area contributed by atoms with Crippen LogP contribution >= 0.6 is 0 Å². The van der Waals surface area contributed by atoms with Gasteiger partial charge >= 0.3 is 23.7 Å². The first kappa shape index (κ1) is 24.4. The fourth-order valence-corrected chi connectivity index (χ4v) is 3.44. The average Bonchev–Trinajstić information content (AvgIpc) is 3.43. The zero-order valence-electron chi connectivity index (χ0n) is 19.2. The zero-order chi connectivity index (χ0) is 25.8. The lowest BCUT2D eigenvalue weighted by Gasteiger charge is -2.27. The number of nitrogens with one attached hydrogen (secondary N) is 2. The monoisotopic (exact) mass is 500 g/mol. The molecule has 2 N–H and O–H groups in total. The van der Waals surface area contributed by atoms with Crippen LogP contribution in [0.4, 0.5) is 9.18 Å². The lowest BCUT2D eigenvalue weighted by atomic mass is 10.0. The number of nitrogens with zero attached hydrogens (tertiary/aromatic N) is 2. The van der Waals surface area contributed by atoms with Crippen molar-refractivity contribution in [3.63, 3.8) is 0 Å². The van der Waals surface area contributed by atoms with Gasteiger partial charge in [0, 0.05) is 5.56 Å². The van der Waals surface area contributed by atoms with E-state index < -0.39 is 48.7 Å². The lowest BCUT2D eigenvalue weighted by Crippen LogP contribution is -2.47. The molecule has 2 amide bonds. The van der Waals surface area contributed by atoms with Crippen LogP contribution in [-0.2, 0) is 25.6 Å². The highest BCUT2D eigenvalue weighted by Crippen LogP contribution is 2.29. The molecule has 0 spiro atoms. The Morgan fingerprint density at radius 1 is 1.11 bits per heavy atom. The topological polar surface area (TPSA) is 155 Å². The van der Waals surface area contributed by atoms with Crippen molar-refractivity contribution in [3.8, 4) is 11.5 Å². The number of esters is 2. The second-order valence-electron chi connectivity index (χ2n) is 7.59. The summed E-state index contributed by atoms with van der Waals surface area (Å²) in [5.41, 5.74) is 0.321. The maximum Gasteiger partial charge on any atom is 0.437 e. The number of urea groups is 1. The Labute approximate surface area is 202 Å². The van der Waals surface area contributed by atoms with E-state index in [1.54, 1.807) is 26.0 Å². The van der Waals surface area contributed by atoms with Crippen LogP contribution in [0.15, 0.2) is 61.3 Å². The summed E-state index contributed by atoms with van der Waals surface area (Å²) >= 11 is 0. The summed E-state index contributed by atoms with van der Waals surface area (Å²) in [7, 11) is 0. The summed E-state index contributed by atoms with van der Waals surface area (Å²) in [4.78, 5) is 49.5. The van der Waals surface area contributed by atoms with Crippen molar-refractivity contribution >= 4 is 18.0 Å². The summed E-state index contributed by atoms with van der Waals surface area (Å²) in [6.45, 7) is 2.27. The van der Waals surface area contributed by atoms with Gasteiger partial charge in [0.1, 0.15) is 36.5 Å². The van der Waals surface area contributed by atoms with Crippen LogP contribution < -0.4 is 16.4 Å². The number of carbonyl (C=O) groups excluding carboxylic acids is 3. The Bertz CT molecular complexity index is 1390. The van der Waals surface area contributed by atoms with Crippen molar-refractivity contribution in [2.24, 2.45) is 0 Å². The van der Waals surface area contributed by atoms with E-state index in [0.717, 1.165) is 4.68 Å². The molecule has 0 fully saturated rings. The smallest absolute Gasteiger partial charge is 0.437 e. The standard InChI is InChI=1S/C23H21FN4O8/c1-3-33-21(30)18-15(25-22(31)26-19(18)16-9-4-12(2)35-16)11-34-17(29)10-28-23(32)36-20(27-28)13-5-7-14(24)8-6-13/h4-9,19H,3,10-11H2,1-2H3,(H2,25,26,31)/t19-/m1/s1. The summed E-state index contributed by atoms with van der Waals surface area (Å²) in [6, 6.07) is 6.71. The number of rotatable bonds is 8. The number of hydrogen-bond acceptors (Lipinski definition) is 9. The molecule has 1 aromatic carbocycles. The number of aryl methyl sites for hydroxylation is 1. The zero-order valence-corrected chi connectivity index (χ0v) is 19.2. The van der Waals surface area contributed by atoms with Gasteiger partial charge in [0.05, 0.1) is 17.9 Å². The van der Waals surface area contributed by atoms with Crippen molar-refractivity contribution in [1.29, 1.82) is 0 Å². The molecule has 188 valence electrons. The van der Waals surface area contributed by atoms with E-state index in [2.05, 4.69) is 15.7 Å². The third-order valence-corrected chi connectivity index (χ3v) is 5.05. The van der Waals surface area contributed by atoms with Crippen molar-refractivity contribution in [3.05, 3.63) is 75.6 Å². The van der Waals surface area contributed by atoms with Crippen molar-refractivity contribution < 1.29 is 37.1 Å². The van der Waals surface area contributed by atoms with Crippen LogP contribution in [-0.4, -0.2) is 41.0 Å². The van der Waals surface area contributed by atoms with E-state index in [4.69, 9.17) is 18.3 Å². The molecule has 36 heavy (non-hydrogen) atoms. The second-order valence-corrected chi connectivity index (χ2v) is 7.59. The van der Waals surface area contributed by atoms with E-state index in [0.29, 0.717) is 11.3 Å². The van der Waals surface area contributed by atoms with Gasteiger partial charge in [-0.05, 0) is 50.2 Å². The highest BCUT2D eigenvalue weighted by molar-refractivity contribution is 5.95. The van der Waals surface area contributed by atoms with Gasteiger partial charge in [-0.25, -0.2) is 18.8 Å². The maximum absolute atomic E-state index is 13.1. The van der Waals surface area contributed by atoms with Crippen LogP contribution in [0.2, 0.25) is 0 Å². The summed E-state index contributed by atoms with van der Waals surface area (Å²) in [5.74, 6) is -2.31. The first-order chi connectivity index (χ1) is 17.2. The number of amides is 2. The fraction of sp³-hybridized carbons (Fsp3) is 0.261. The highest BCUT2D eigenvalue weighted by atomic mass is 19.1. The molecule has 0 saturated heterocycles. The largest absolute Gasteiger partial charge is 0.464 e. The molecular formula is C23H21FN4O8. The Kier molecular flexibility index (Phi) is 6.99. The normalized spacial score (nSPS) is 15.3. The molecule has 0 aliphatic carbocycles. The molecule has 4 rings (SSSR count). The third-order valence-electron chi connectivity index (χ3n) is 5.05. The number of benzene rings is 1. The number of aromatic nitrogens is 2. The van der Waals surface area contributed by atoms with E-state index in [1.807, 2.05) is 0 Å². The van der Waals surface area contributed by atoms with Crippen LogP contribution in [0, 0.1) is 12.7 Å². The summed E-state index contributed by atoms with van der Waals surface area (Å²) in [6.07, 6.45) is 0. The minimum absolute atomic E-state index is 0.00389. The first-order valence-corrected chi connectivity index (χ1v) is 10.8. The van der Waals surface area contributed by atoms with E-state index in [9.17, 15) is 23.6 Å². The molecule has 0 radical (unpaired) electrons. The van der Waals surface area contributed by atoms with E-state index >= 15 is 0 Å². The molecule has 0 bridgehead atoms. The van der Waals surface area contributed by atoms with Crippen LogP contribution in [0.5, 0.6) is 0 Å². The van der Waals surface area contributed by atoms with Gasteiger partial charge in [-0.15, -0.1) is 5.10 Å². The Morgan fingerprint density at radius 3 is 2.53 bits per heavy atom. The van der Waals surface area contributed by atoms with Crippen molar-refractivity contribution in [2.45, 2.75) is 26.4 Å². The second kappa shape index (κ2) is 10.3. The van der Waals surface area contributed by atoms with Crippen LogP contribution in [0.3, 0.4) is 0 Å². The number of furan rings is 1. The van der Waals surface area contributed by atoms with Gasteiger partial charge in [0.25, 0.3) is 0 Å². The van der Waals surface area contributed by atoms with Gasteiger partial charge in [0.15, 0.2) is 0 Å². The molecule has 13 heteroatoms. The number of hydrogen-bond donors (Lipinski definition) is 2.